The second-order valence-electron chi connectivity index (χ2n) is 15.7. The predicted octanol–water partition coefficient (Wildman–Crippen LogP) is 4.80. The number of benzene rings is 2. The number of allylic oxidation sites excluding steroid dienone is 2. The van der Waals surface area contributed by atoms with Crippen LogP contribution in [-0.4, -0.2) is 114 Å². The van der Waals surface area contributed by atoms with E-state index in [1.807, 2.05) is 11.9 Å². The number of likely N-dealkylation sites (N-methyl/N-ethyl adjacent to an activating group) is 1. The molecule has 14 heteroatoms. The zero-order valence-corrected chi connectivity index (χ0v) is 34.0. The van der Waals surface area contributed by atoms with E-state index < -0.39 is 77.3 Å². The smallest absolute Gasteiger partial charge is 0.312 e. The normalized spacial score (nSPS) is 33.0. The summed E-state index contributed by atoms with van der Waals surface area (Å²) >= 11 is 0. The summed E-state index contributed by atoms with van der Waals surface area (Å²) < 4.78 is 23.9. The molecular formula is C42H57N3O11. The third-order valence-corrected chi connectivity index (χ3v) is 11.7. The number of phenolic OH excluding ortho intramolecular Hbond substituents is 2. The third-order valence-electron chi connectivity index (χ3n) is 11.7. The molecule has 0 unspecified atom stereocenters. The Labute approximate surface area is 328 Å². The Morgan fingerprint density at radius 3 is 2.23 bits per heavy atom. The molecule has 4 heterocycles. The number of phenols is 2. The van der Waals surface area contributed by atoms with Crippen LogP contribution in [0.15, 0.2) is 42.2 Å². The van der Waals surface area contributed by atoms with Crippen LogP contribution in [-0.2, 0) is 23.8 Å². The number of hydrogen-bond donors (Lipinski definition) is 5. The third kappa shape index (κ3) is 8.11. The monoisotopic (exact) mass is 779 g/mol. The van der Waals surface area contributed by atoms with Gasteiger partial charge in [0.1, 0.15) is 17.6 Å². The first-order chi connectivity index (χ1) is 26.3. The number of aliphatic hydroxyl groups excluding tert-OH is 2. The van der Waals surface area contributed by atoms with Crippen LogP contribution in [0.5, 0.6) is 17.2 Å². The van der Waals surface area contributed by atoms with Crippen LogP contribution in [0.3, 0.4) is 0 Å². The molecule has 4 aliphatic rings. The molecule has 0 aliphatic carbocycles. The molecule has 0 radical (unpaired) electrons. The van der Waals surface area contributed by atoms with Crippen LogP contribution in [0.2, 0.25) is 0 Å². The number of piperazine rings is 1. The minimum absolute atomic E-state index is 0.0151. The number of nitrogens with one attached hydrogen (secondary N) is 1. The van der Waals surface area contributed by atoms with Crippen LogP contribution >= 0.6 is 0 Å². The lowest BCUT2D eigenvalue weighted by Crippen LogP contribution is -2.46. The summed E-state index contributed by atoms with van der Waals surface area (Å²) in [4.78, 5) is 44.7. The maximum absolute atomic E-state index is 14.5. The number of anilines is 2. The quantitative estimate of drug-likeness (QED) is 0.212. The van der Waals surface area contributed by atoms with Gasteiger partial charge in [-0.15, -0.1) is 0 Å². The van der Waals surface area contributed by atoms with Crippen LogP contribution in [0.1, 0.15) is 64.4 Å². The summed E-state index contributed by atoms with van der Waals surface area (Å²) in [5.41, 5.74) is 1.14. The van der Waals surface area contributed by atoms with Gasteiger partial charge in [0.2, 0.25) is 0 Å². The average Bonchev–Trinajstić information content (AvgIpc) is 3.43. The van der Waals surface area contributed by atoms with Crippen molar-refractivity contribution in [2.45, 2.75) is 85.6 Å². The van der Waals surface area contributed by atoms with Crippen LogP contribution in [0, 0.1) is 30.6 Å². The fraction of sp³-hybridized carbons (Fsp3) is 0.548. The summed E-state index contributed by atoms with van der Waals surface area (Å²) in [6.07, 6.45) is 4.06. The fourth-order valence-corrected chi connectivity index (χ4v) is 7.95. The van der Waals surface area contributed by atoms with Crippen molar-refractivity contribution < 1.29 is 53.8 Å². The highest BCUT2D eigenvalue weighted by Crippen LogP contribution is 2.54. The number of hydrogen-bond acceptors (Lipinski definition) is 13. The molecule has 5 N–H and O–H groups in total. The highest BCUT2D eigenvalue weighted by Gasteiger charge is 2.50. The van der Waals surface area contributed by atoms with E-state index in [1.165, 1.54) is 27.2 Å². The Morgan fingerprint density at radius 2 is 1.61 bits per heavy atom. The number of carbonyl (C=O) groups excluding carboxylic acids is 3. The van der Waals surface area contributed by atoms with Crippen molar-refractivity contribution in [2.24, 2.45) is 23.7 Å². The summed E-state index contributed by atoms with van der Waals surface area (Å²) in [7, 11) is 3.48. The molecule has 0 saturated carbocycles. The maximum atomic E-state index is 14.5. The van der Waals surface area contributed by atoms with Gasteiger partial charge < -0.3 is 54.5 Å². The number of amides is 1. The molecule has 14 nitrogen and oxygen atoms in total. The highest BCUT2D eigenvalue weighted by atomic mass is 16.7. The molecule has 2 aromatic carbocycles. The maximum Gasteiger partial charge on any atom is 0.312 e. The summed E-state index contributed by atoms with van der Waals surface area (Å²) in [6, 6.07) is 1.61. The molecular weight excluding hydrogens is 722 g/mol. The molecule has 56 heavy (non-hydrogen) atoms. The minimum atomic E-state index is -1.90. The van der Waals surface area contributed by atoms with Gasteiger partial charge in [0.15, 0.2) is 5.75 Å². The molecule has 9 atom stereocenters. The van der Waals surface area contributed by atoms with Crippen molar-refractivity contribution >= 4 is 39.8 Å². The first kappa shape index (κ1) is 42.5. The number of ether oxygens (including phenoxy) is 4. The lowest BCUT2D eigenvalue weighted by molar-refractivity contribution is -0.160. The van der Waals surface area contributed by atoms with Crippen molar-refractivity contribution in [3.8, 4) is 17.2 Å². The number of aromatic hydroxyl groups is 2. The van der Waals surface area contributed by atoms with E-state index in [1.54, 1.807) is 71.9 Å². The average molecular weight is 780 g/mol. The van der Waals surface area contributed by atoms with Crippen molar-refractivity contribution in [1.29, 1.82) is 0 Å². The van der Waals surface area contributed by atoms with Crippen molar-refractivity contribution in [3.05, 3.63) is 53.3 Å². The first-order valence-electron chi connectivity index (χ1n) is 19.1. The van der Waals surface area contributed by atoms with E-state index in [0.29, 0.717) is 31.9 Å². The van der Waals surface area contributed by atoms with Gasteiger partial charge >= 0.3 is 11.8 Å². The molecule has 1 saturated heterocycles. The van der Waals surface area contributed by atoms with Crippen LogP contribution in [0.25, 0.3) is 10.8 Å². The van der Waals surface area contributed by atoms with Gasteiger partial charge in [-0.2, -0.15) is 0 Å². The van der Waals surface area contributed by atoms with E-state index in [0.717, 1.165) is 0 Å². The molecule has 306 valence electrons. The number of carbonyl (C=O) groups is 3. The topological polar surface area (TPSA) is 188 Å². The largest absolute Gasteiger partial charge is 0.507 e. The van der Waals surface area contributed by atoms with E-state index >= 15 is 0 Å². The number of aliphatic hydroxyl groups is 2. The molecule has 4 aliphatic heterocycles. The molecule has 0 aromatic heterocycles. The fourth-order valence-electron chi connectivity index (χ4n) is 7.95. The van der Waals surface area contributed by atoms with Crippen molar-refractivity contribution in [1.82, 2.24) is 4.90 Å². The number of methoxy groups -OCH3 is 1. The second kappa shape index (κ2) is 16.8. The van der Waals surface area contributed by atoms with Gasteiger partial charge in [0.25, 0.3) is 11.7 Å². The summed E-state index contributed by atoms with van der Waals surface area (Å²) in [5.74, 6) is -6.51. The van der Waals surface area contributed by atoms with E-state index in [9.17, 15) is 34.8 Å². The predicted molar refractivity (Wildman–Crippen MR) is 212 cm³/mol. The van der Waals surface area contributed by atoms with Crippen LogP contribution in [0.4, 0.5) is 11.4 Å². The lowest BCUT2D eigenvalue weighted by Gasteiger charge is -2.38. The number of esters is 1. The second-order valence-corrected chi connectivity index (χ2v) is 15.7. The van der Waals surface area contributed by atoms with Gasteiger partial charge in [-0.25, -0.2) is 0 Å². The Bertz CT molecular complexity index is 1930. The van der Waals surface area contributed by atoms with Gasteiger partial charge in [0.05, 0.1) is 41.2 Å². The SMILES string of the molecule is CO[C@H]1/C=C/O[C@@]2(C)Oc3c(C)c(O)c4c(O)c(cc(N5CCN(C)CC5)c4c3C2=O)NC(=O)/C(C)=C\C=C\[C@H](C)[C@H](O)[C@@H](C)[C@@H](O)[C@@H](C)[C@H](OC(C)=O)[C@@H]1C. The van der Waals surface area contributed by atoms with E-state index in [2.05, 4.69) is 10.2 Å². The highest BCUT2D eigenvalue weighted by molar-refractivity contribution is 6.23. The number of Topliss-reactive ketones (excluding diaryl/α,β-unsaturated/α-hetero) is 1. The van der Waals surface area contributed by atoms with Crippen molar-refractivity contribution in [3.63, 3.8) is 0 Å². The Hall–Kier alpha value is -4.63. The zero-order chi connectivity index (χ0) is 41.4. The van der Waals surface area contributed by atoms with E-state index in [-0.39, 0.29) is 44.7 Å². The lowest BCUT2D eigenvalue weighted by atomic mass is 9.78. The molecule has 5 bridgehead atoms. The van der Waals surface area contributed by atoms with Gasteiger partial charge in [0, 0.05) is 93.0 Å². The first-order valence-corrected chi connectivity index (χ1v) is 19.1. The molecule has 6 rings (SSSR count). The standard InChI is InChI=1S/C42H57N3O11/c1-21-12-11-13-22(2)41(52)43-28-20-29(45-17-15-44(9)16-18-45)31-32(37(28)50)36(49)26(6)39-33(31)40(51)42(8,56-39)54-19-14-30(53-10)23(3)38(55-27(7)46)25(5)35(48)24(4)34(21)47/h11-14,19-21,23-25,30,34-35,38,47-50H,15-18H2,1-10H3,(H,43,52)/b12-11+,19-14+,22-13-/t21-,23+,24+,25+,30-,34-,35+,38+,42-/m0/s1. The summed E-state index contributed by atoms with van der Waals surface area (Å²) in [5, 5.41) is 49.3. The van der Waals surface area contributed by atoms with Gasteiger partial charge in [-0.3, -0.25) is 14.4 Å². The number of nitrogens with zero attached hydrogens (tertiary/aromatic N) is 2. The number of rotatable bonds is 3. The summed E-state index contributed by atoms with van der Waals surface area (Å²) in [6.45, 7) is 15.5. The minimum Gasteiger partial charge on any atom is -0.507 e. The van der Waals surface area contributed by atoms with Crippen LogP contribution < -0.4 is 15.0 Å². The molecule has 1 amide bonds. The van der Waals surface area contributed by atoms with Gasteiger partial charge in [-0.05, 0) is 33.0 Å². The zero-order valence-electron chi connectivity index (χ0n) is 34.0. The van der Waals surface area contributed by atoms with Gasteiger partial charge in [-0.1, -0.05) is 45.9 Å². The molecule has 1 fully saturated rings. The Morgan fingerprint density at radius 1 is 0.946 bits per heavy atom. The molecule has 0 spiro atoms. The number of fused-ring (bicyclic) bond motifs is 14. The Balaban J connectivity index is 1.69. The number of ketones is 1. The Kier molecular flexibility index (Phi) is 12.8. The molecule has 2 aromatic rings. The van der Waals surface area contributed by atoms with Crippen molar-refractivity contribution in [2.75, 3.05) is 50.6 Å². The van der Waals surface area contributed by atoms with E-state index in [4.69, 9.17) is 18.9 Å².